The number of nitrogens with zero attached hydrogens (tertiary/aromatic N) is 1. The molecule has 1 rings (SSSR count). The highest BCUT2D eigenvalue weighted by Crippen LogP contribution is 2.43. The van der Waals surface area contributed by atoms with Crippen molar-refractivity contribution in [1.29, 1.82) is 0 Å². The number of hydrogen-bond donors (Lipinski definition) is 0. The fraction of sp³-hybridized carbons (Fsp3) is 0.818. The average Bonchev–Trinajstić information content (AvgIpc) is 2.06. The lowest BCUT2D eigenvalue weighted by molar-refractivity contribution is 0.124. The van der Waals surface area contributed by atoms with E-state index in [0.29, 0.717) is 0 Å². The second-order valence-corrected chi connectivity index (χ2v) is 4.93. The molecule has 1 aliphatic rings. The Bertz CT molecular complexity index is 209. The first-order chi connectivity index (χ1) is 5.22. The van der Waals surface area contributed by atoms with Crippen LogP contribution in [-0.2, 0) is 0 Å². The van der Waals surface area contributed by atoms with E-state index in [1.807, 2.05) is 0 Å². The Balaban J connectivity index is 3.22. The standard InChI is InChI=1S/C11H21N/c1-8-9(2)11(5,6)12(7)10(8,3)4/h1-7H3. The van der Waals surface area contributed by atoms with E-state index in [4.69, 9.17) is 0 Å². The van der Waals surface area contributed by atoms with E-state index >= 15 is 0 Å². The van der Waals surface area contributed by atoms with E-state index in [-0.39, 0.29) is 11.1 Å². The van der Waals surface area contributed by atoms with E-state index in [1.165, 1.54) is 11.1 Å². The van der Waals surface area contributed by atoms with Gasteiger partial charge in [-0.25, -0.2) is 0 Å². The Morgan fingerprint density at radius 2 is 1.08 bits per heavy atom. The maximum atomic E-state index is 2.45. The van der Waals surface area contributed by atoms with Crippen molar-refractivity contribution in [3.8, 4) is 0 Å². The Hall–Kier alpha value is -0.300. The number of hydrogen-bond acceptors (Lipinski definition) is 1. The van der Waals surface area contributed by atoms with Gasteiger partial charge in [-0.1, -0.05) is 11.1 Å². The highest BCUT2D eigenvalue weighted by molar-refractivity contribution is 5.36. The summed E-state index contributed by atoms with van der Waals surface area (Å²) in [7, 11) is 2.21. The molecule has 0 radical (unpaired) electrons. The summed E-state index contributed by atoms with van der Waals surface area (Å²) in [6, 6.07) is 0. The van der Waals surface area contributed by atoms with Gasteiger partial charge in [-0.2, -0.15) is 0 Å². The molecule has 1 nitrogen and oxygen atoms in total. The number of likely N-dealkylation sites (N-methyl/N-ethyl adjacent to an activating group) is 1. The molecule has 0 amide bonds. The van der Waals surface area contributed by atoms with Crippen molar-refractivity contribution in [2.75, 3.05) is 7.05 Å². The highest BCUT2D eigenvalue weighted by atomic mass is 15.2. The van der Waals surface area contributed by atoms with Crippen molar-refractivity contribution < 1.29 is 0 Å². The molecule has 1 aliphatic heterocycles. The second kappa shape index (κ2) is 2.35. The molecular formula is C11H21N. The van der Waals surface area contributed by atoms with Crippen LogP contribution in [-0.4, -0.2) is 23.0 Å². The summed E-state index contributed by atoms with van der Waals surface area (Å²) in [5.41, 5.74) is 3.51. The summed E-state index contributed by atoms with van der Waals surface area (Å²) in [6.45, 7) is 13.7. The van der Waals surface area contributed by atoms with Gasteiger partial charge >= 0.3 is 0 Å². The lowest BCUT2D eigenvalue weighted by Crippen LogP contribution is -2.47. The molecule has 0 saturated carbocycles. The third-order valence-corrected chi connectivity index (χ3v) is 4.07. The molecule has 0 N–H and O–H groups in total. The topological polar surface area (TPSA) is 3.24 Å². The Morgan fingerprint density at radius 3 is 1.17 bits per heavy atom. The van der Waals surface area contributed by atoms with E-state index in [9.17, 15) is 0 Å². The molecule has 0 aromatic heterocycles. The molecular weight excluding hydrogens is 146 g/mol. The molecule has 1 heteroatoms. The normalized spacial score (nSPS) is 28.2. The monoisotopic (exact) mass is 167 g/mol. The van der Waals surface area contributed by atoms with Crippen molar-refractivity contribution in [2.45, 2.75) is 52.6 Å². The van der Waals surface area contributed by atoms with Crippen LogP contribution < -0.4 is 0 Å². The first-order valence-electron chi connectivity index (χ1n) is 4.64. The third kappa shape index (κ3) is 0.957. The summed E-state index contributed by atoms with van der Waals surface area (Å²) in [5.74, 6) is 0. The fourth-order valence-electron chi connectivity index (χ4n) is 2.12. The van der Waals surface area contributed by atoms with Gasteiger partial charge in [-0.15, -0.1) is 0 Å². The molecule has 12 heavy (non-hydrogen) atoms. The first kappa shape index (κ1) is 9.79. The van der Waals surface area contributed by atoms with Crippen LogP contribution >= 0.6 is 0 Å². The molecule has 1 heterocycles. The quantitative estimate of drug-likeness (QED) is 0.501. The smallest absolute Gasteiger partial charge is 0.0370 e. The van der Waals surface area contributed by atoms with Gasteiger partial charge in [0.25, 0.3) is 0 Å². The summed E-state index contributed by atoms with van der Waals surface area (Å²) in [5, 5.41) is 0. The predicted octanol–water partition coefficient (Wildman–Crippen LogP) is 2.83. The van der Waals surface area contributed by atoms with Crippen LogP contribution in [0.4, 0.5) is 0 Å². The second-order valence-electron chi connectivity index (χ2n) is 4.93. The predicted molar refractivity (Wildman–Crippen MR) is 54.3 cm³/mol. The SMILES string of the molecule is CC1=C(C)C(C)(C)N(C)C1(C)C. The fourth-order valence-corrected chi connectivity index (χ4v) is 2.12. The maximum Gasteiger partial charge on any atom is 0.0370 e. The maximum absolute atomic E-state index is 2.45. The van der Waals surface area contributed by atoms with Gasteiger partial charge in [0.15, 0.2) is 0 Å². The molecule has 0 unspecified atom stereocenters. The van der Waals surface area contributed by atoms with Crippen molar-refractivity contribution in [3.63, 3.8) is 0 Å². The Kier molecular flexibility index (Phi) is 1.92. The summed E-state index contributed by atoms with van der Waals surface area (Å²) >= 11 is 0. The van der Waals surface area contributed by atoms with Crippen LogP contribution in [0.15, 0.2) is 11.1 Å². The third-order valence-electron chi connectivity index (χ3n) is 4.07. The summed E-state index contributed by atoms with van der Waals surface area (Å²) in [4.78, 5) is 2.45. The van der Waals surface area contributed by atoms with Crippen LogP contribution in [0.25, 0.3) is 0 Å². The van der Waals surface area contributed by atoms with Gasteiger partial charge in [0.05, 0.1) is 0 Å². The summed E-state index contributed by atoms with van der Waals surface area (Å²) < 4.78 is 0. The van der Waals surface area contributed by atoms with E-state index in [2.05, 4.69) is 53.5 Å². The van der Waals surface area contributed by atoms with Crippen LogP contribution in [0.1, 0.15) is 41.5 Å². The van der Waals surface area contributed by atoms with Gasteiger partial charge in [-0.05, 0) is 48.6 Å². The molecule has 0 bridgehead atoms. The first-order valence-corrected chi connectivity index (χ1v) is 4.64. The van der Waals surface area contributed by atoms with E-state index < -0.39 is 0 Å². The van der Waals surface area contributed by atoms with E-state index in [1.54, 1.807) is 0 Å². The molecule has 70 valence electrons. The van der Waals surface area contributed by atoms with E-state index in [0.717, 1.165) is 0 Å². The molecule has 0 fully saturated rings. The van der Waals surface area contributed by atoms with Crippen molar-refractivity contribution in [3.05, 3.63) is 11.1 Å². The van der Waals surface area contributed by atoms with Crippen molar-refractivity contribution in [1.82, 2.24) is 4.90 Å². The minimum absolute atomic E-state index is 0.230. The minimum Gasteiger partial charge on any atom is -0.289 e. The van der Waals surface area contributed by atoms with Crippen LogP contribution in [0.5, 0.6) is 0 Å². The number of rotatable bonds is 0. The largest absolute Gasteiger partial charge is 0.289 e. The minimum atomic E-state index is 0.230. The average molecular weight is 167 g/mol. The van der Waals surface area contributed by atoms with Gasteiger partial charge in [0, 0.05) is 11.1 Å². The van der Waals surface area contributed by atoms with Gasteiger partial charge in [0.1, 0.15) is 0 Å². The zero-order valence-corrected chi connectivity index (χ0v) is 9.45. The van der Waals surface area contributed by atoms with Crippen molar-refractivity contribution in [2.24, 2.45) is 0 Å². The van der Waals surface area contributed by atoms with Crippen molar-refractivity contribution >= 4 is 0 Å². The lowest BCUT2D eigenvalue weighted by atomic mass is 9.93. The molecule has 0 saturated heterocycles. The van der Waals surface area contributed by atoms with Gasteiger partial charge < -0.3 is 0 Å². The molecule has 0 aliphatic carbocycles. The Labute approximate surface area is 76.5 Å². The Morgan fingerprint density at radius 1 is 0.833 bits per heavy atom. The van der Waals surface area contributed by atoms with Gasteiger partial charge in [0.2, 0.25) is 0 Å². The molecule has 0 aromatic carbocycles. The molecule has 0 spiro atoms. The van der Waals surface area contributed by atoms with Crippen LogP contribution in [0.3, 0.4) is 0 Å². The zero-order chi connectivity index (χ0) is 9.73. The highest BCUT2D eigenvalue weighted by Gasteiger charge is 2.44. The molecule has 0 atom stereocenters. The lowest BCUT2D eigenvalue weighted by Gasteiger charge is -2.39. The van der Waals surface area contributed by atoms with Gasteiger partial charge in [-0.3, -0.25) is 4.90 Å². The van der Waals surface area contributed by atoms with Crippen LogP contribution in [0.2, 0.25) is 0 Å². The summed E-state index contributed by atoms with van der Waals surface area (Å²) in [6.07, 6.45) is 0. The zero-order valence-electron chi connectivity index (χ0n) is 9.45. The van der Waals surface area contributed by atoms with Crippen LogP contribution in [0, 0.1) is 0 Å². The molecule has 0 aromatic rings.